The topological polar surface area (TPSA) is 62.3 Å². The van der Waals surface area contributed by atoms with Gasteiger partial charge in [0.05, 0.1) is 0 Å². The molecule has 0 saturated carbocycles. The van der Waals surface area contributed by atoms with Crippen molar-refractivity contribution in [3.8, 4) is 0 Å². The van der Waals surface area contributed by atoms with Crippen LogP contribution in [-0.4, -0.2) is 98.8 Å². The van der Waals surface area contributed by atoms with Crippen molar-refractivity contribution in [3.63, 3.8) is 0 Å². The maximum absolute atomic E-state index is 12.3. The zero-order valence-corrected chi connectivity index (χ0v) is 35.5. The lowest BCUT2D eigenvalue weighted by Gasteiger charge is -2.26. The third kappa shape index (κ3) is 33.1. The van der Waals surface area contributed by atoms with Gasteiger partial charge >= 0.3 is 11.9 Å². The van der Waals surface area contributed by atoms with Crippen LogP contribution in [0.1, 0.15) is 202 Å². The smallest absolute Gasteiger partial charge is 0.306 e. The molecule has 0 radical (unpaired) electrons. The second-order valence-corrected chi connectivity index (χ2v) is 15.5. The van der Waals surface area contributed by atoms with Gasteiger partial charge in [-0.05, 0) is 97.9 Å². The van der Waals surface area contributed by atoms with Crippen molar-refractivity contribution in [1.29, 1.82) is 0 Å². The van der Waals surface area contributed by atoms with Crippen LogP contribution in [0.3, 0.4) is 0 Å². The molecule has 2 atom stereocenters. The highest BCUT2D eigenvalue weighted by atomic mass is 16.5. The van der Waals surface area contributed by atoms with Crippen molar-refractivity contribution in [2.45, 2.75) is 214 Å². The average molecular weight is 724 g/mol. The average Bonchev–Trinajstić information content (AvgIpc) is 3.13. The number of carbonyl (C=O) groups excluding carboxylic acids is 2. The Kier molecular flexibility index (Phi) is 36.3. The van der Waals surface area contributed by atoms with Crippen LogP contribution >= 0.6 is 0 Å². The van der Waals surface area contributed by atoms with E-state index < -0.39 is 0 Å². The van der Waals surface area contributed by atoms with Gasteiger partial charge in [-0.2, -0.15) is 0 Å². The Morgan fingerprint density at radius 2 is 0.804 bits per heavy atom. The molecular weight excluding hydrogens is 635 g/mol. The van der Waals surface area contributed by atoms with E-state index in [-0.39, 0.29) is 24.1 Å². The Labute approximate surface area is 318 Å². The van der Waals surface area contributed by atoms with Gasteiger partial charge in [-0.1, -0.05) is 125 Å². The third-order valence-corrected chi connectivity index (χ3v) is 10.7. The molecule has 0 saturated heterocycles. The molecule has 0 aliphatic heterocycles. The minimum Gasteiger partial charge on any atom is -0.462 e. The van der Waals surface area contributed by atoms with Crippen LogP contribution < -0.4 is 0 Å². The largest absolute Gasteiger partial charge is 0.462 e. The summed E-state index contributed by atoms with van der Waals surface area (Å²) in [5, 5.41) is 0. The van der Waals surface area contributed by atoms with E-state index in [2.05, 4.69) is 63.4 Å². The fourth-order valence-electron chi connectivity index (χ4n) is 6.66. The molecule has 0 rings (SSSR count). The number of unbranched alkanes of at least 4 members (excludes halogenated alkanes) is 16. The van der Waals surface area contributed by atoms with Crippen LogP contribution in [0.5, 0.6) is 0 Å². The zero-order valence-electron chi connectivity index (χ0n) is 35.5. The molecule has 51 heavy (non-hydrogen) atoms. The molecule has 0 spiro atoms. The van der Waals surface area contributed by atoms with Gasteiger partial charge in [0.25, 0.3) is 0 Å². The summed E-state index contributed by atoms with van der Waals surface area (Å²) < 4.78 is 11.5. The summed E-state index contributed by atoms with van der Waals surface area (Å²) in [5.41, 5.74) is 0. The van der Waals surface area contributed by atoms with E-state index in [9.17, 15) is 9.59 Å². The molecule has 7 heteroatoms. The van der Waals surface area contributed by atoms with Gasteiger partial charge in [0.15, 0.2) is 0 Å². The first-order valence-corrected chi connectivity index (χ1v) is 22.3. The third-order valence-electron chi connectivity index (χ3n) is 10.7. The second kappa shape index (κ2) is 37.1. The summed E-state index contributed by atoms with van der Waals surface area (Å²) in [7, 11) is 4.47. The van der Waals surface area contributed by atoms with E-state index >= 15 is 0 Å². The fraction of sp³-hybridized carbons (Fsp3) is 0.955. The van der Waals surface area contributed by atoms with Crippen LogP contribution in [-0.2, 0) is 19.1 Å². The standard InChI is InChI=1S/C44H89N3O4/c1-8-13-15-25-31-41(10-3)50-43(48)33-27-21-17-19-23-29-35-47(40-39-46(7)38-37-45(6)12-5)36-30-24-20-18-22-28-34-44(49)51-42(11-4)32-26-16-14-9-2/h41-42H,8-40H2,1-7H3. The monoisotopic (exact) mass is 724 g/mol. The number of hydrogen-bond donors (Lipinski definition) is 0. The summed E-state index contributed by atoms with van der Waals surface area (Å²) in [6.07, 6.45) is 29.3. The molecule has 0 aliphatic carbocycles. The van der Waals surface area contributed by atoms with Gasteiger partial charge in [-0.3, -0.25) is 9.59 Å². The second-order valence-electron chi connectivity index (χ2n) is 15.5. The van der Waals surface area contributed by atoms with Gasteiger partial charge in [-0.25, -0.2) is 0 Å². The van der Waals surface area contributed by atoms with Crippen LogP contribution in [0.4, 0.5) is 0 Å². The molecule has 0 amide bonds. The van der Waals surface area contributed by atoms with E-state index in [0.717, 1.165) is 84.1 Å². The molecule has 0 aliphatic rings. The number of rotatable bonds is 39. The number of likely N-dealkylation sites (N-methyl/N-ethyl adjacent to an activating group) is 2. The van der Waals surface area contributed by atoms with E-state index in [1.54, 1.807) is 0 Å². The lowest BCUT2D eigenvalue weighted by atomic mass is 10.1. The van der Waals surface area contributed by atoms with Crippen LogP contribution in [0.2, 0.25) is 0 Å². The Morgan fingerprint density at radius 3 is 1.22 bits per heavy atom. The summed E-state index contributed by atoms with van der Waals surface area (Å²) >= 11 is 0. The Balaban J connectivity index is 4.27. The van der Waals surface area contributed by atoms with Crippen molar-refractivity contribution in [1.82, 2.24) is 14.7 Å². The molecule has 304 valence electrons. The van der Waals surface area contributed by atoms with Crippen molar-refractivity contribution >= 4 is 11.9 Å². The summed E-state index contributed by atoms with van der Waals surface area (Å²) in [4.78, 5) is 32.3. The minimum atomic E-state index is 0.00731. The van der Waals surface area contributed by atoms with Crippen LogP contribution in [0, 0.1) is 0 Å². The predicted molar refractivity (Wildman–Crippen MR) is 220 cm³/mol. The Hall–Kier alpha value is -1.18. The minimum absolute atomic E-state index is 0.00731. The van der Waals surface area contributed by atoms with Gasteiger partial charge in [0.2, 0.25) is 0 Å². The van der Waals surface area contributed by atoms with Gasteiger partial charge in [0.1, 0.15) is 12.2 Å². The lowest BCUT2D eigenvalue weighted by molar-refractivity contribution is -0.150. The first-order chi connectivity index (χ1) is 24.8. The highest BCUT2D eigenvalue weighted by Crippen LogP contribution is 2.16. The molecule has 0 aromatic heterocycles. The zero-order chi connectivity index (χ0) is 37.8. The highest BCUT2D eigenvalue weighted by molar-refractivity contribution is 5.69. The maximum Gasteiger partial charge on any atom is 0.306 e. The van der Waals surface area contributed by atoms with E-state index in [1.165, 1.54) is 116 Å². The SMILES string of the molecule is CCCCCCC(CC)OC(=O)CCCCCCCCN(CCCCCCCCC(=O)OC(CC)CCCCCC)CCN(C)CCN(C)CC. The number of hydrogen-bond acceptors (Lipinski definition) is 7. The molecular formula is C44H89N3O4. The van der Waals surface area contributed by atoms with Crippen LogP contribution in [0.25, 0.3) is 0 Å². The Bertz CT molecular complexity index is 717. The quantitative estimate of drug-likeness (QED) is 0.0462. The van der Waals surface area contributed by atoms with Gasteiger partial charge in [0, 0.05) is 39.0 Å². The number of ether oxygens (including phenoxy) is 2. The number of carbonyl (C=O) groups is 2. The molecule has 0 N–H and O–H groups in total. The normalized spacial score (nSPS) is 13.0. The lowest BCUT2D eigenvalue weighted by Crippen LogP contribution is -2.37. The molecule has 0 heterocycles. The number of esters is 2. The molecule has 0 aromatic carbocycles. The molecule has 0 bridgehead atoms. The van der Waals surface area contributed by atoms with Crippen molar-refractivity contribution in [2.24, 2.45) is 0 Å². The molecule has 0 fully saturated rings. The Morgan fingerprint density at radius 1 is 0.431 bits per heavy atom. The predicted octanol–water partition coefficient (Wildman–Crippen LogP) is 11.2. The van der Waals surface area contributed by atoms with Gasteiger partial charge in [-0.15, -0.1) is 0 Å². The molecule has 7 nitrogen and oxygen atoms in total. The summed E-state index contributed by atoms with van der Waals surface area (Å²) in [6.45, 7) is 18.9. The maximum atomic E-state index is 12.3. The van der Waals surface area contributed by atoms with Crippen molar-refractivity contribution in [3.05, 3.63) is 0 Å². The summed E-state index contributed by atoms with van der Waals surface area (Å²) in [5.74, 6) is 0.0146. The van der Waals surface area contributed by atoms with Crippen LogP contribution in [0.15, 0.2) is 0 Å². The van der Waals surface area contributed by atoms with E-state index in [1.807, 2.05) is 0 Å². The first kappa shape index (κ1) is 49.8. The van der Waals surface area contributed by atoms with Crippen molar-refractivity contribution < 1.29 is 19.1 Å². The fourth-order valence-corrected chi connectivity index (χ4v) is 6.66. The van der Waals surface area contributed by atoms with E-state index in [4.69, 9.17) is 9.47 Å². The highest BCUT2D eigenvalue weighted by Gasteiger charge is 2.14. The van der Waals surface area contributed by atoms with Gasteiger partial charge < -0.3 is 24.2 Å². The van der Waals surface area contributed by atoms with Crippen molar-refractivity contribution in [2.75, 3.05) is 59.9 Å². The molecule has 0 aromatic rings. The van der Waals surface area contributed by atoms with E-state index in [0.29, 0.717) is 12.8 Å². The first-order valence-electron chi connectivity index (χ1n) is 22.3. The summed E-state index contributed by atoms with van der Waals surface area (Å²) in [6, 6.07) is 0. The molecule has 2 unspecified atom stereocenters. The number of nitrogens with zero attached hydrogens (tertiary/aromatic N) is 3.